The molecule has 1 aromatic rings. The van der Waals surface area contributed by atoms with Gasteiger partial charge >= 0.3 is 0 Å². The van der Waals surface area contributed by atoms with E-state index < -0.39 is 0 Å². The van der Waals surface area contributed by atoms with E-state index in [1.807, 2.05) is 19.2 Å². The average molecular weight is 361 g/mol. The molecule has 1 aliphatic rings. The summed E-state index contributed by atoms with van der Waals surface area (Å²) in [5, 5.41) is 0. The number of hydrogen-bond acceptors (Lipinski definition) is 3. The molecule has 146 valence electrons. The number of hydrogen-bond donors (Lipinski definition) is 0. The summed E-state index contributed by atoms with van der Waals surface area (Å²) in [7, 11) is 1.84. The topological polar surface area (TPSA) is 27.7 Å². The van der Waals surface area contributed by atoms with Crippen molar-refractivity contribution in [2.75, 3.05) is 20.3 Å². The second-order valence-electron chi connectivity index (χ2n) is 8.14. The maximum atomic E-state index is 5.90. The summed E-state index contributed by atoms with van der Waals surface area (Å²) >= 11 is 0. The van der Waals surface area contributed by atoms with Crippen LogP contribution in [0.2, 0.25) is 0 Å². The minimum atomic E-state index is 0.0506. The van der Waals surface area contributed by atoms with Crippen molar-refractivity contribution in [3.8, 4) is 11.5 Å². The predicted octanol–water partition coefficient (Wildman–Crippen LogP) is 6.06. The van der Waals surface area contributed by atoms with Crippen LogP contribution in [0.15, 0.2) is 29.8 Å². The fraction of sp³-hybridized carbons (Fsp3) is 0.652. The standard InChI is InChI=1S/C23H36O3/c1-7-23(8-2,24-6)14-9-10-18(3)13-15-25-19-11-12-20-21(16-19)26-17-22(20,4)5/h11-13,16H,7-10,14-15,17H2,1-6H3. The summed E-state index contributed by atoms with van der Waals surface area (Å²) in [4.78, 5) is 0. The average Bonchev–Trinajstić information content (AvgIpc) is 2.94. The number of rotatable bonds is 10. The van der Waals surface area contributed by atoms with E-state index in [1.54, 1.807) is 0 Å². The first-order valence-electron chi connectivity index (χ1n) is 9.96. The summed E-state index contributed by atoms with van der Waals surface area (Å²) in [5.41, 5.74) is 2.79. The molecule has 2 rings (SSSR count). The van der Waals surface area contributed by atoms with E-state index in [4.69, 9.17) is 14.2 Å². The van der Waals surface area contributed by atoms with Crippen molar-refractivity contribution in [2.45, 2.75) is 77.7 Å². The van der Waals surface area contributed by atoms with E-state index in [0.29, 0.717) is 6.61 Å². The van der Waals surface area contributed by atoms with Crippen LogP contribution in [-0.2, 0) is 10.2 Å². The Morgan fingerprint density at radius 2 is 2.00 bits per heavy atom. The van der Waals surface area contributed by atoms with Gasteiger partial charge in [0.15, 0.2) is 0 Å². The summed E-state index contributed by atoms with van der Waals surface area (Å²) in [6, 6.07) is 6.20. The quantitative estimate of drug-likeness (QED) is 0.475. The number of ether oxygens (including phenoxy) is 3. The second kappa shape index (κ2) is 8.94. The van der Waals surface area contributed by atoms with Crippen molar-refractivity contribution >= 4 is 0 Å². The van der Waals surface area contributed by atoms with Gasteiger partial charge in [0.05, 0.1) is 12.2 Å². The molecule has 0 bridgehead atoms. The summed E-state index contributed by atoms with van der Waals surface area (Å²) in [6.45, 7) is 12.4. The molecule has 0 aromatic heterocycles. The van der Waals surface area contributed by atoms with Crippen LogP contribution in [-0.4, -0.2) is 25.9 Å². The van der Waals surface area contributed by atoms with Crippen molar-refractivity contribution in [3.05, 3.63) is 35.4 Å². The highest BCUT2D eigenvalue weighted by Crippen LogP contribution is 2.40. The van der Waals surface area contributed by atoms with Crippen LogP contribution >= 0.6 is 0 Å². The van der Waals surface area contributed by atoms with E-state index in [9.17, 15) is 0 Å². The number of allylic oxidation sites excluding steroid dienone is 1. The smallest absolute Gasteiger partial charge is 0.126 e. The maximum absolute atomic E-state index is 5.90. The lowest BCUT2D eigenvalue weighted by Crippen LogP contribution is -2.29. The maximum Gasteiger partial charge on any atom is 0.126 e. The van der Waals surface area contributed by atoms with E-state index in [-0.39, 0.29) is 11.0 Å². The largest absolute Gasteiger partial charge is 0.492 e. The lowest BCUT2D eigenvalue weighted by Gasteiger charge is -2.30. The summed E-state index contributed by atoms with van der Waals surface area (Å²) in [5.74, 6) is 1.84. The zero-order valence-electron chi connectivity index (χ0n) is 17.5. The molecule has 0 fully saturated rings. The van der Waals surface area contributed by atoms with Gasteiger partial charge in [0.1, 0.15) is 18.1 Å². The molecule has 0 saturated heterocycles. The van der Waals surface area contributed by atoms with E-state index in [1.165, 1.54) is 11.1 Å². The van der Waals surface area contributed by atoms with Crippen LogP contribution in [0.25, 0.3) is 0 Å². The van der Waals surface area contributed by atoms with Gasteiger partial charge in [-0.05, 0) is 51.2 Å². The van der Waals surface area contributed by atoms with Crippen molar-refractivity contribution in [2.24, 2.45) is 0 Å². The third kappa shape index (κ3) is 5.03. The summed E-state index contributed by atoms with van der Waals surface area (Å²) < 4.78 is 17.4. The highest BCUT2D eigenvalue weighted by Gasteiger charge is 2.31. The first-order chi connectivity index (χ1) is 12.4. The van der Waals surface area contributed by atoms with Gasteiger partial charge in [0, 0.05) is 24.2 Å². The second-order valence-corrected chi connectivity index (χ2v) is 8.14. The Kier molecular flexibility index (Phi) is 7.16. The van der Waals surface area contributed by atoms with Crippen molar-refractivity contribution in [1.29, 1.82) is 0 Å². The third-order valence-corrected chi connectivity index (χ3v) is 5.88. The first kappa shape index (κ1) is 20.8. The molecule has 3 heteroatoms. The lowest BCUT2D eigenvalue weighted by molar-refractivity contribution is -0.0250. The highest BCUT2D eigenvalue weighted by atomic mass is 16.5. The van der Waals surface area contributed by atoms with Crippen LogP contribution in [0.5, 0.6) is 11.5 Å². The molecule has 0 saturated carbocycles. The molecule has 0 radical (unpaired) electrons. The molecule has 1 aliphatic heterocycles. The molecule has 0 atom stereocenters. The Bertz CT molecular complexity index is 604. The summed E-state index contributed by atoms with van der Waals surface area (Å²) in [6.07, 6.45) is 7.69. The predicted molar refractivity (Wildman–Crippen MR) is 108 cm³/mol. The molecular formula is C23H36O3. The molecule has 0 amide bonds. The lowest BCUT2D eigenvalue weighted by atomic mass is 9.87. The van der Waals surface area contributed by atoms with Gasteiger partial charge in [0.25, 0.3) is 0 Å². The molecular weight excluding hydrogens is 324 g/mol. The van der Waals surface area contributed by atoms with Crippen LogP contribution in [0, 0.1) is 0 Å². The molecule has 1 aromatic carbocycles. The van der Waals surface area contributed by atoms with Crippen molar-refractivity contribution in [1.82, 2.24) is 0 Å². The fourth-order valence-corrected chi connectivity index (χ4v) is 3.67. The molecule has 26 heavy (non-hydrogen) atoms. The molecule has 1 heterocycles. The minimum Gasteiger partial charge on any atom is -0.492 e. The minimum absolute atomic E-state index is 0.0506. The highest BCUT2D eigenvalue weighted by molar-refractivity contribution is 5.47. The number of methoxy groups -OCH3 is 1. The first-order valence-corrected chi connectivity index (χ1v) is 9.96. The Balaban J connectivity index is 1.80. The van der Waals surface area contributed by atoms with Gasteiger partial charge < -0.3 is 14.2 Å². The molecule has 3 nitrogen and oxygen atoms in total. The van der Waals surface area contributed by atoms with Gasteiger partial charge in [-0.25, -0.2) is 0 Å². The van der Waals surface area contributed by atoms with Gasteiger partial charge in [0.2, 0.25) is 0 Å². The molecule has 0 unspecified atom stereocenters. The van der Waals surface area contributed by atoms with Crippen molar-refractivity contribution in [3.63, 3.8) is 0 Å². The number of fused-ring (bicyclic) bond motifs is 1. The Morgan fingerprint density at radius 3 is 2.65 bits per heavy atom. The van der Waals surface area contributed by atoms with Gasteiger partial charge in [-0.2, -0.15) is 0 Å². The van der Waals surface area contributed by atoms with Crippen LogP contribution in [0.1, 0.15) is 72.3 Å². The Morgan fingerprint density at radius 1 is 1.27 bits per heavy atom. The molecule has 0 spiro atoms. The van der Waals surface area contributed by atoms with Gasteiger partial charge in [-0.15, -0.1) is 0 Å². The van der Waals surface area contributed by atoms with Gasteiger partial charge in [-0.3, -0.25) is 0 Å². The number of benzene rings is 1. The van der Waals surface area contributed by atoms with E-state index in [0.717, 1.165) is 50.2 Å². The van der Waals surface area contributed by atoms with Crippen LogP contribution < -0.4 is 9.47 Å². The van der Waals surface area contributed by atoms with Gasteiger partial charge in [-0.1, -0.05) is 39.3 Å². The Labute approximate surface area is 159 Å². The zero-order chi connectivity index (χ0) is 19.2. The Hall–Kier alpha value is -1.48. The molecule has 0 aliphatic carbocycles. The van der Waals surface area contributed by atoms with Crippen LogP contribution in [0.3, 0.4) is 0 Å². The molecule has 0 N–H and O–H groups in total. The van der Waals surface area contributed by atoms with Crippen LogP contribution in [0.4, 0.5) is 0 Å². The monoisotopic (exact) mass is 360 g/mol. The normalized spacial score (nSPS) is 16.3. The van der Waals surface area contributed by atoms with E-state index >= 15 is 0 Å². The van der Waals surface area contributed by atoms with E-state index in [2.05, 4.69) is 46.8 Å². The third-order valence-electron chi connectivity index (χ3n) is 5.88. The SMILES string of the molecule is CCC(CC)(CCCC(C)=CCOc1ccc2c(c1)OCC2(C)C)OC. The fourth-order valence-electron chi connectivity index (χ4n) is 3.67. The zero-order valence-corrected chi connectivity index (χ0v) is 17.5. The van der Waals surface area contributed by atoms with Crippen molar-refractivity contribution < 1.29 is 14.2 Å².